The Labute approximate surface area is 127 Å². The quantitative estimate of drug-likeness (QED) is 0.618. The summed E-state index contributed by atoms with van der Waals surface area (Å²) in [6.45, 7) is 1.54. The molecule has 6 nitrogen and oxygen atoms in total. The Balaban J connectivity index is 2.39. The predicted octanol–water partition coefficient (Wildman–Crippen LogP) is 3.86. The van der Waals surface area contributed by atoms with E-state index in [0.29, 0.717) is 10.0 Å². The maximum atomic E-state index is 13.2. The van der Waals surface area contributed by atoms with E-state index in [1.165, 1.54) is 12.1 Å². The summed E-state index contributed by atoms with van der Waals surface area (Å²) >= 11 is 3.18. The molecule has 2 rings (SSSR count). The minimum Gasteiger partial charge on any atom is -0.438 e. The van der Waals surface area contributed by atoms with E-state index in [2.05, 4.69) is 20.9 Å². The number of nitro groups is 1. The zero-order valence-corrected chi connectivity index (χ0v) is 12.2. The number of hydrogen-bond acceptors (Lipinski definition) is 5. The van der Waals surface area contributed by atoms with Gasteiger partial charge in [-0.3, -0.25) is 10.1 Å². The third-order valence-corrected chi connectivity index (χ3v) is 3.61. The summed E-state index contributed by atoms with van der Waals surface area (Å²) in [6, 6.07) is 5.35. The molecule has 0 fully saturated rings. The van der Waals surface area contributed by atoms with Gasteiger partial charge in [0.2, 0.25) is 5.88 Å². The van der Waals surface area contributed by atoms with E-state index in [1.807, 2.05) is 0 Å². The van der Waals surface area contributed by atoms with Crippen molar-refractivity contribution < 1.29 is 14.1 Å². The second-order valence-corrected chi connectivity index (χ2v) is 4.79. The zero-order valence-electron chi connectivity index (χ0n) is 10.6. The first kappa shape index (κ1) is 14.9. The molecule has 106 valence electrons. The fourth-order valence-corrected chi connectivity index (χ4v) is 1.95. The van der Waals surface area contributed by atoms with Gasteiger partial charge >= 0.3 is 0 Å². The van der Waals surface area contributed by atoms with Crippen LogP contribution in [0.3, 0.4) is 0 Å². The van der Waals surface area contributed by atoms with Gasteiger partial charge in [0, 0.05) is 11.6 Å². The van der Waals surface area contributed by atoms with E-state index in [9.17, 15) is 14.5 Å². The molecule has 1 aromatic heterocycles. The van der Waals surface area contributed by atoms with Crippen molar-refractivity contribution in [3.63, 3.8) is 0 Å². The third-order valence-electron chi connectivity index (χ3n) is 2.67. The van der Waals surface area contributed by atoms with Crippen molar-refractivity contribution in [3.8, 4) is 17.7 Å². The number of hydrogen-bond donors (Lipinski definition) is 0. The molecular formula is C13H7BrFN3O3. The van der Waals surface area contributed by atoms with Crippen LogP contribution >= 0.6 is 15.9 Å². The van der Waals surface area contributed by atoms with E-state index in [-0.39, 0.29) is 22.9 Å². The Morgan fingerprint density at radius 1 is 1.52 bits per heavy atom. The summed E-state index contributed by atoms with van der Waals surface area (Å²) in [5.41, 5.74) is 0.0425. The molecule has 8 heteroatoms. The van der Waals surface area contributed by atoms with Gasteiger partial charge in [-0.05, 0) is 35.0 Å². The van der Waals surface area contributed by atoms with E-state index in [4.69, 9.17) is 10.00 Å². The lowest BCUT2D eigenvalue weighted by atomic mass is 10.2. The first-order valence-corrected chi connectivity index (χ1v) is 6.40. The summed E-state index contributed by atoms with van der Waals surface area (Å²) in [7, 11) is 0. The molecule has 1 heterocycles. The van der Waals surface area contributed by atoms with Crippen LogP contribution in [0.2, 0.25) is 0 Å². The number of benzene rings is 1. The molecule has 0 aliphatic heterocycles. The van der Waals surface area contributed by atoms with Crippen molar-refractivity contribution in [2.24, 2.45) is 0 Å². The highest BCUT2D eigenvalue weighted by atomic mass is 79.9. The third kappa shape index (κ3) is 2.98. The van der Waals surface area contributed by atoms with E-state index >= 15 is 0 Å². The topological polar surface area (TPSA) is 89.1 Å². The lowest BCUT2D eigenvalue weighted by molar-refractivity contribution is -0.385. The fraction of sp³-hybridized carbons (Fsp3) is 0.0769. The van der Waals surface area contributed by atoms with Gasteiger partial charge in [-0.15, -0.1) is 0 Å². The van der Waals surface area contributed by atoms with Crippen molar-refractivity contribution in [1.82, 2.24) is 4.98 Å². The molecule has 0 amide bonds. The summed E-state index contributed by atoms with van der Waals surface area (Å²) in [5.74, 6) is -0.361. The molecule has 0 aliphatic rings. The van der Waals surface area contributed by atoms with Crippen LogP contribution in [-0.2, 0) is 0 Å². The Kier molecular flexibility index (Phi) is 4.14. The molecule has 2 aromatic rings. The van der Waals surface area contributed by atoms with Gasteiger partial charge in [0.1, 0.15) is 23.8 Å². The van der Waals surface area contributed by atoms with Crippen LogP contribution < -0.4 is 4.74 Å². The number of ether oxygens (including phenoxy) is 1. The summed E-state index contributed by atoms with van der Waals surface area (Å²) in [4.78, 5) is 14.1. The highest BCUT2D eigenvalue weighted by molar-refractivity contribution is 9.10. The smallest absolute Gasteiger partial charge is 0.291 e. The van der Waals surface area contributed by atoms with Gasteiger partial charge in [-0.1, -0.05) is 0 Å². The zero-order chi connectivity index (χ0) is 15.6. The lowest BCUT2D eigenvalue weighted by Gasteiger charge is -2.08. The number of nitrogens with zero attached hydrogens (tertiary/aromatic N) is 3. The maximum Gasteiger partial charge on any atom is 0.291 e. The van der Waals surface area contributed by atoms with E-state index < -0.39 is 10.7 Å². The van der Waals surface area contributed by atoms with Crippen LogP contribution in [0, 0.1) is 34.2 Å². The molecule has 0 radical (unpaired) electrons. The van der Waals surface area contributed by atoms with Crippen molar-refractivity contribution in [2.45, 2.75) is 6.92 Å². The number of aromatic nitrogens is 1. The molecule has 0 unspecified atom stereocenters. The number of nitriles is 1. The molecule has 0 spiro atoms. The summed E-state index contributed by atoms with van der Waals surface area (Å²) in [6.07, 6.45) is 1.07. The summed E-state index contributed by atoms with van der Waals surface area (Å²) in [5, 5.41) is 19.6. The van der Waals surface area contributed by atoms with Crippen molar-refractivity contribution >= 4 is 21.6 Å². The van der Waals surface area contributed by atoms with Crippen LogP contribution in [0.15, 0.2) is 28.9 Å². The largest absolute Gasteiger partial charge is 0.438 e. The van der Waals surface area contributed by atoms with Crippen molar-refractivity contribution in [2.75, 3.05) is 0 Å². The molecule has 1 aromatic carbocycles. The van der Waals surface area contributed by atoms with Gasteiger partial charge in [0.05, 0.1) is 15.0 Å². The minimum absolute atomic E-state index is 0.0913. The highest BCUT2D eigenvalue weighted by Gasteiger charge is 2.18. The van der Waals surface area contributed by atoms with Gasteiger partial charge in [0.25, 0.3) is 5.69 Å². The van der Waals surface area contributed by atoms with E-state index in [0.717, 1.165) is 12.3 Å². The van der Waals surface area contributed by atoms with E-state index in [1.54, 1.807) is 13.0 Å². The second kappa shape index (κ2) is 5.85. The van der Waals surface area contributed by atoms with Gasteiger partial charge in [0.15, 0.2) is 0 Å². The number of halogens is 2. The van der Waals surface area contributed by atoms with Crippen molar-refractivity contribution in [1.29, 1.82) is 5.26 Å². The molecule has 0 saturated heterocycles. The molecule has 0 atom stereocenters. The summed E-state index contributed by atoms with van der Waals surface area (Å²) < 4.78 is 19.0. The molecule has 0 N–H and O–H groups in total. The molecule has 0 aliphatic carbocycles. The van der Waals surface area contributed by atoms with Crippen LogP contribution in [0.1, 0.15) is 11.1 Å². The second-order valence-electron chi connectivity index (χ2n) is 4.00. The Hall–Kier alpha value is -2.53. The van der Waals surface area contributed by atoms with Crippen LogP contribution in [0.25, 0.3) is 0 Å². The van der Waals surface area contributed by atoms with Gasteiger partial charge < -0.3 is 4.74 Å². The maximum absolute atomic E-state index is 13.2. The normalized spacial score (nSPS) is 10.0. The van der Waals surface area contributed by atoms with Crippen molar-refractivity contribution in [3.05, 3.63) is 55.9 Å². The SMILES string of the molecule is Cc1c([N+](=O)[O-])cnc(Oc2ccc(F)c(C#N)c2)c1Br. The molecular weight excluding hydrogens is 345 g/mol. The van der Waals surface area contributed by atoms with Crippen LogP contribution in [-0.4, -0.2) is 9.91 Å². The van der Waals surface area contributed by atoms with Crippen LogP contribution in [0.5, 0.6) is 11.6 Å². The average Bonchev–Trinajstić information content (AvgIpc) is 2.45. The van der Waals surface area contributed by atoms with Gasteiger partial charge in [-0.2, -0.15) is 5.26 Å². The fourth-order valence-electron chi connectivity index (χ4n) is 1.57. The molecule has 0 saturated carbocycles. The molecule has 21 heavy (non-hydrogen) atoms. The average molecular weight is 352 g/mol. The minimum atomic E-state index is -0.656. The first-order chi connectivity index (χ1) is 9.93. The Bertz CT molecular complexity index is 774. The standard InChI is InChI=1S/C13H7BrFN3O3/c1-7-11(18(19)20)6-17-13(12(7)14)21-9-2-3-10(15)8(4-9)5-16/h2-4,6H,1H3. The van der Waals surface area contributed by atoms with Crippen LogP contribution in [0.4, 0.5) is 10.1 Å². The highest BCUT2D eigenvalue weighted by Crippen LogP contribution is 2.34. The lowest BCUT2D eigenvalue weighted by Crippen LogP contribution is -1.97. The molecule has 0 bridgehead atoms. The Morgan fingerprint density at radius 3 is 2.86 bits per heavy atom. The number of rotatable bonds is 3. The first-order valence-electron chi connectivity index (χ1n) is 5.61. The Morgan fingerprint density at radius 2 is 2.24 bits per heavy atom. The monoisotopic (exact) mass is 351 g/mol. The predicted molar refractivity (Wildman–Crippen MR) is 74.5 cm³/mol. The number of pyridine rings is 1. The van der Waals surface area contributed by atoms with Gasteiger partial charge in [-0.25, -0.2) is 9.37 Å².